The first-order valence-corrected chi connectivity index (χ1v) is 6.69. The number of nitrogens with zero attached hydrogens (tertiary/aromatic N) is 1. The third-order valence-electron chi connectivity index (χ3n) is 3.14. The molecule has 0 fully saturated rings. The maximum atomic E-state index is 12.1. The second-order valence-corrected chi connectivity index (χ2v) is 4.59. The molecule has 2 rings (SSSR count). The number of hydrogen-bond acceptors (Lipinski definition) is 5. The minimum atomic E-state index is -0.375. The minimum absolute atomic E-state index is 0.236. The molecular formula is C16H18N2O4. The summed E-state index contributed by atoms with van der Waals surface area (Å²) in [5, 5.41) is 0. The van der Waals surface area contributed by atoms with Crippen molar-refractivity contribution in [1.82, 2.24) is 10.5 Å². The maximum Gasteiger partial charge on any atom is 0.275 e. The molecule has 0 aliphatic carbocycles. The lowest BCUT2D eigenvalue weighted by molar-refractivity contribution is 0.0232. The van der Waals surface area contributed by atoms with Gasteiger partial charge < -0.3 is 9.47 Å². The molecule has 0 radical (unpaired) electrons. The largest absolute Gasteiger partial charge is 0.496 e. The first-order chi connectivity index (χ1) is 10.7. The van der Waals surface area contributed by atoms with Crippen LogP contribution in [0.2, 0.25) is 0 Å². The monoisotopic (exact) mass is 302 g/mol. The number of rotatable bonds is 6. The van der Waals surface area contributed by atoms with Gasteiger partial charge in [0.1, 0.15) is 18.1 Å². The van der Waals surface area contributed by atoms with Crippen molar-refractivity contribution >= 4 is 5.91 Å². The van der Waals surface area contributed by atoms with E-state index in [9.17, 15) is 4.79 Å². The quantitative estimate of drug-likeness (QED) is 0.829. The Kier molecular flexibility index (Phi) is 5.32. The number of pyridine rings is 1. The lowest BCUT2D eigenvalue weighted by Crippen LogP contribution is -2.23. The molecule has 22 heavy (non-hydrogen) atoms. The number of benzene rings is 1. The van der Waals surface area contributed by atoms with Gasteiger partial charge in [0, 0.05) is 23.5 Å². The standard InChI is InChI=1S/C16H18N2O4/c1-11-14(20-2)7-13(8-15(11)21-3)16(19)18-22-10-12-5-4-6-17-9-12/h4-9H,10H2,1-3H3,(H,18,19). The van der Waals surface area contributed by atoms with Crippen LogP contribution in [0.5, 0.6) is 11.5 Å². The van der Waals surface area contributed by atoms with E-state index in [0.717, 1.165) is 11.1 Å². The highest BCUT2D eigenvalue weighted by atomic mass is 16.6. The predicted molar refractivity (Wildman–Crippen MR) is 80.8 cm³/mol. The second kappa shape index (κ2) is 7.42. The summed E-state index contributed by atoms with van der Waals surface area (Å²) >= 11 is 0. The van der Waals surface area contributed by atoms with Crippen LogP contribution in [0.25, 0.3) is 0 Å². The van der Waals surface area contributed by atoms with Gasteiger partial charge in [0.15, 0.2) is 0 Å². The summed E-state index contributed by atoms with van der Waals surface area (Å²) in [6, 6.07) is 6.94. The van der Waals surface area contributed by atoms with E-state index < -0.39 is 0 Å². The van der Waals surface area contributed by atoms with Gasteiger partial charge in [0.2, 0.25) is 0 Å². The van der Waals surface area contributed by atoms with Crippen LogP contribution in [0.15, 0.2) is 36.7 Å². The van der Waals surface area contributed by atoms with E-state index in [1.54, 1.807) is 44.8 Å². The number of hydroxylamine groups is 1. The topological polar surface area (TPSA) is 69.7 Å². The number of hydrogen-bond donors (Lipinski definition) is 1. The Balaban J connectivity index is 2.03. The summed E-state index contributed by atoms with van der Waals surface area (Å²) < 4.78 is 10.5. The second-order valence-electron chi connectivity index (χ2n) is 4.59. The van der Waals surface area contributed by atoms with E-state index in [-0.39, 0.29) is 12.5 Å². The van der Waals surface area contributed by atoms with Crippen LogP contribution < -0.4 is 15.0 Å². The molecule has 1 aromatic heterocycles. The van der Waals surface area contributed by atoms with Crippen LogP contribution in [-0.2, 0) is 11.4 Å². The zero-order valence-corrected chi connectivity index (χ0v) is 12.8. The van der Waals surface area contributed by atoms with Gasteiger partial charge in [-0.3, -0.25) is 14.6 Å². The molecule has 0 saturated heterocycles. The van der Waals surface area contributed by atoms with Crippen molar-refractivity contribution in [2.75, 3.05) is 14.2 Å². The van der Waals surface area contributed by atoms with Gasteiger partial charge in [-0.25, -0.2) is 5.48 Å². The summed E-state index contributed by atoms with van der Waals surface area (Å²) in [6.07, 6.45) is 3.34. The van der Waals surface area contributed by atoms with Crippen molar-refractivity contribution in [2.24, 2.45) is 0 Å². The maximum absolute atomic E-state index is 12.1. The van der Waals surface area contributed by atoms with Crippen LogP contribution >= 0.6 is 0 Å². The molecule has 1 heterocycles. The van der Waals surface area contributed by atoms with Crippen molar-refractivity contribution in [1.29, 1.82) is 0 Å². The smallest absolute Gasteiger partial charge is 0.275 e. The Hall–Kier alpha value is -2.60. The fourth-order valence-corrected chi connectivity index (χ4v) is 1.94. The molecular weight excluding hydrogens is 284 g/mol. The highest BCUT2D eigenvalue weighted by Crippen LogP contribution is 2.29. The fraction of sp³-hybridized carbons (Fsp3) is 0.250. The molecule has 0 bridgehead atoms. The Labute approximate surface area is 129 Å². The molecule has 0 spiro atoms. The summed E-state index contributed by atoms with van der Waals surface area (Å²) in [4.78, 5) is 21.3. The molecule has 6 heteroatoms. The number of carbonyl (C=O) groups is 1. The number of ether oxygens (including phenoxy) is 2. The third-order valence-corrected chi connectivity index (χ3v) is 3.14. The van der Waals surface area contributed by atoms with Gasteiger partial charge in [-0.2, -0.15) is 0 Å². The van der Waals surface area contributed by atoms with Gasteiger partial charge >= 0.3 is 0 Å². The van der Waals surface area contributed by atoms with Crippen LogP contribution in [0.1, 0.15) is 21.5 Å². The first kappa shape index (κ1) is 15.8. The van der Waals surface area contributed by atoms with E-state index >= 15 is 0 Å². The molecule has 116 valence electrons. The summed E-state index contributed by atoms with van der Waals surface area (Å²) in [7, 11) is 3.09. The number of methoxy groups -OCH3 is 2. The number of carbonyl (C=O) groups excluding carboxylic acids is 1. The normalized spacial score (nSPS) is 10.1. The van der Waals surface area contributed by atoms with E-state index in [2.05, 4.69) is 10.5 Å². The van der Waals surface area contributed by atoms with Crippen LogP contribution in [0.4, 0.5) is 0 Å². The number of nitrogens with one attached hydrogen (secondary N) is 1. The molecule has 1 N–H and O–H groups in total. The first-order valence-electron chi connectivity index (χ1n) is 6.69. The highest BCUT2D eigenvalue weighted by molar-refractivity contribution is 5.94. The van der Waals surface area contributed by atoms with E-state index in [1.807, 2.05) is 13.0 Å². The lowest BCUT2D eigenvalue weighted by atomic mass is 10.1. The van der Waals surface area contributed by atoms with E-state index in [0.29, 0.717) is 17.1 Å². The average molecular weight is 302 g/mol. The molecule has 0 unspecified atom stereocenters. The Morgan fingerprint density at radius 3 is 2.45 bits per heavy atom. The van der Waals surface area contributed by atoms with Gasteiger partial charge in [-0.1, -0.05) is 6.07 Å². The van der Waals surface area contributed by atoms with Gasteiger partial charge in [0.05, 0.1) is 14.2 Å². The molecule has 2 aromatic rings. The molecule has 0 aliphatic heterocycles. The zero-order valence-electron chi connectivity index (χ0n) is 12.8. The van der Waals surface area contributed by atoms with Crippen LogP contribution in [0, 0.1) is 6.92 Å². The molecule has 0 aliphatic rings. The van der Waals surface area contributed by atoms with Gasteiger partial charge in [-0.05, 0) is 30.7 Å². The Morgan fingerprint density at radius 2 is 1.91 bits per heavy atom. The number of amides is 1. The Bertz CT molecular complexity index is 619. The van der Waals surface area contributed by atoms with Crippen molar-refractivity contribution in [3.05, 3.63) is 53.3 Å². The van der Waals surface area contributed by atoms with Gasteiger partial charge in [-0.15, -0.1) is 0 Å². The van der Waals surface area contributed by atoms with Crippen molar-refractivity contribution in [2.45, 2.75) is 13.5 Å². The molecule has 1 aromatic carbocycles. The van der Waals surface area contributed by atoms with Crippen LogP contribution in [-0.4, -0.2) is 25.1 Å². The third kappa shape index (κ3) is 3.73. The number of aromatic nitrogens is 1. The molecule has 0 atom stereocenters. The summed E-state index contributed by atoms with van der Waals surface area (Å²) in [5.74, 6) is 0.786. The van der Waals surface area contributed by atoms with Crippen molar-refractivity contribution in [3.8, 4) is 11.5 Å². The molecule has 1 amide bonds. The van der Waals surface area contributed by atoms with E-state index in [4.69, 9.17) is 14.3 Å². The van der Waals surface area contributed by atoms with Crippen LogP contribution in [0.3, 0.4) is 0 Å². The Morgan fingerprint density at radius 1 is 1.23 bits per heavy atom. The van der Waals surface area contributed by atoms with Crippen molar-refractivity contribution in [3.63, 3.8) is 0 Å². The fourth-order valence-electron chi connectivity index (χ4n) is 1.94. The summed E-state index contributed by atoms with van der Waals surface area (Å²) in [5.41, 5.74) is 4.48. The predicted octanol–water partition coefficient (Wildman–Crippen LogP) is 2.27. The average Bonchev–Trinajstić information content (AvgIpc) is 2.56. The summed E-state index contributed by atoms with van der Waals surface area (Å²) in [6.45, 7) is 2.10. The van der Waals surface area contributed by atoms with Gasteiger partial charge in [0.25, 0.3) is 5.91 Å². The highest BCUT2D eigenvalue weighted by Gasteiger charge is 2.13. The minimum Gasteiger partial charge on any atom is -0.496 e. The molecule has 6 nitrogen and oxygen atoms in total. The molecule has 0 saturated carbocycles. The van der Waals surface area contributed by atoms with Crippen molar-refractivity contribution < 1.29 is 19.1 Å². The SMILES string of the molecule is COc1cc(C(=O)NOCc2cccnc2)cc(OC)c1C. The zero-order chi connectivity index (χ0) is 15.9. The lowest BCUT2D eigenvalue weighted by Gasteiger charge is -2.12. The van der Waals surface area contributed by atoms with E-state index in [1.165, 1.54) is 0 Å².